The number of fused-ring (bicyclic) bond motifs is 2. The molecule has 4 nitrogen and oxygen atoms in total. The molecular weight excluding hydrogens is 200 g/mol. The summed E-state index contributed by atoms with van der Waals surface area (Å²) in [5, 5.41) is 0. The van der Waals surface area contributed by atoms with E-state index in [2.05, 4.69) is 9.97 Å². The summed E-state index contributed by atoms with van der Waals surface area (Å²) in [5.41, 5.74) is 16.0. The fourth-order valence-corrected chi connectivity index (χ4v) is 1.71. The Balaban J connectivity index is 2.44. The van der Waals surface area contributed by atoms with Gasteiger partial charge < -0.3 is 11.5 Å². The summed E-state index contributed by atoms with van der Waals surface area (Å²) >= 11 is 0. The predicted molar refractivity (Wildman–Crippen MR) is 65.9 cm³/mol. The van der Waals surface area contributed by atoms with Crippen molar-refractivity contribution in [1.29, 1.82) is 0 Å². The van der Waals surface area contributed by atoms with Gasteiger partial charge in [0.1, 0.15) is 0 Å². The maximum absolute atomic E-state index is 5.71. The van der Waals surface area contributed by atoms with E-state index in [-0.39, 0.29) is 0 Å². The van der Waals surface area contributed by atoms with E-state index in [0.717, 1.165) is 22.1 Å². The first-order valence-corrected chi connectivity index (χ1v) is 4.95. The Morgan fingerprint density at radius 1 is 0.625 bits per heavy atom. The van der Waals surface area contributed by atoms with Gasteiger partial charge in [-0.05, 0) is 36.4 Å². The summed E-state index contributed by atoms with van der Waals surface area (Å²) < 4.78 is 0. The van der Waals surface area contributed by atoms with Gasteiger partial charge in [0.2, 0.25) is 0 Å². The Morgan fingerprint density at radius 3 is 1.56 bits per heavy atom. The van der Waals surface area contributed by atoms with E-state index in [1.54, 1.807) is 0 Å². The van der Waals surface area contributed by atoms with Gasteiger partial charge in [0.25, 0.3) is 0 Å². The van der Waals surface area contributed by atoms with E-state index in [0.29, 0.717) is 11.4 Å². The molecule has 0 aliphatic carbocycles. The second kappa shape index (κ2) is 3.06. The molecule has 0 atom stereocenters. The topological polar surface area (TPSA) is 77.8 Å². The van der Waals surface area contributed by atoms with Gasteiger partial charge in [-0.15, -0.1) is 0 Å². The minimum Gasteiger partial charge on any atom is -0.399 e. The van der Waals surface area contributed by atoms with Gasteiger partial charge in [-0.2, -0.15) is 0 Å². The van der Waals surface area contributed by atoms with Crippen LogP contribution in [0.5, 0.6) is 0 Å². The molecule has 0 spiro atoms. The van der Waals surface area contributed by atoms with Crippen LogP contribution < -0.4 is 11.5 Å². The Morgan fingerprint density at radius 2 is 1.06 bits per heavy atom. The SMILES string of the molecule is Nc1ccc2nc3ccc(N)cc3nc2c1. The second-order valence-electron chi connectivity index (χ2n) is 3.72. The average molecular weight is 210 g/mol. The van der Waals surface area contributed by atoms with Crippen LogP contribution in [0.1, 0.15) is 0 Å². The van der Waals surface area contributed by atoms with Crippen molar-refractivity contribution in [3.05, 3.63) is 36.4 Å². The minimum absolute atomic E-state index is 0.685. The van der Waals surface area contributed by atoms with Gasteiger partial charge in [0, 0.05) is 11.4 Å². The van der Waals surface area contributed by atoms with Crippen LogP contribution in [0.4, 0.5) is 11.4 Å². The first-order chi connectivity index (χ1) is 7.72. The van der Waals surface area contributed by atoms with E-state index < -0.39 is 0 Å². The molecule has 0 radical (unpaired) electrons. The molecule has 4 N–H and O–H groups in total. The van der Waals surface area contributed by atoms with Crippen molar-refractivity contribution in [2.24, 2.45) is 0 Å². The van der Waals surface area contributed by atoms with Crippen molar-refractivity contribution < 1.29 is 0 Å². The fraction of sp³-hybridized carbons (Fsp3) is 0. The van der Waals surface area contributed by atoms with Crippen LogP contribution in [-0.2, 0) is 0 Å². The molecule has 3 rings (SSSR count). The zero-order chi connectivity index (χ0) is 11.1. The normalized spacial score (nSPS) is 11.0. The number of nitrogens with zero attached hydrogens (tertiary/aromatic N) is 2. The van der Waals surface area contributed by atoms with Crippen molar-refractivity contribution in [2.45, 2.75) is 0 Å². The zero-order valence-corrected chi connectivity index (χ0v) is 8.51. The third kappa shape index (κ3) is 1.32. The molecule has 16 heavy (non-hydrogen) atoms. The molecule has 3 aromatic rings. The quantitative estimate of drug-likeness (QED) is 0.439. The van der Waals surface area contributed by atoms with Crippen LogP contribution in [0.25, 0.3) is 22.1 Å². The highest BCUT2D eigenvalue weighted by atomic mass is 14.8. The lowest BCUT2D eigenvalue weighted by Crippen LogP contribution is -1.91. The van der Waals surface area contributed by atoms with E-state index in [4.69, 9.17) is 11.5 Å². The molecule has 0 aliphatic rings. The summed E-state index contributed by atoms with van der Waals surface area (Å²) in [6.45, 7) is 0. The number of anilines is 2. The van der Waals surface area contributed by atoms with Crippen LogP contribution in [0.15, 0.2) is 36.4 Å². The maximum atomic E-state index is 5.71. The van der Waals surface area contributed by atoms with Gasteiger partial charge in [-0.3, -0.25) is 0 Å². The molecule has 0 saturated heterocycles. The monoisotopic (exact) mass is 210 g/mol. The Bertz CT molecular complexity index is 634. The van der Waals surface area contributed by atoms with Crippen molar-refractivity contribution in [2.75, 3.05) is 11.5 Å². The summed E-state index contributed by atoms with van der Waals surface area (Å²) in [5.74, 6) is 0. The summed E-state index contributed by atoms with van der Waals surface area (Å²) in [4.78, 5) is 8.96. The first-order valence-electron chi connectivity index (χ1n) is 4.95. The van der Waals surface area contributed by atoms with Crippen molar-refractivity contribution in [3.63, 3.8) is 0 Å². The maximum Gasteiger partial charge on any atom is 0.0915 e. The van der Waals surface area contributed by atoms with Crippen molar-refractivity contribution in [1.82, 2.24) is 9.97 Å². The Kier molecular flexibility index (Phi) is 1.71. The predicted octanol–water partition coefficient (Wildman–Crippen LogP) is 1.95. The molecule has 0 amide bonds. The van der Waals surface area contributed by atoms with Crippen LogP contribution in [-0.4, -0.2) is 9.97 Å². The number of aromatic nitrogens is 2. The van der Waals surface area contributed by atoms with Crippen molar-refractivity contribution in [3.8, 4) is 0 Å². The highest BCUT2D eigenvalue weighted by Crippen LogP contribution is 2.19. The van der Waals surface area contributed by atoms with E-state index in [1.165, 1.54) is 0 Å². The zero-order valence-electron chi connectivity index (χ0n) is 8.51. The van der Waals surface area contributed by atoms with Crippen LogP contribution >= 0.6 is 0 Å². The average Bonchev–Trinajstić information content (AvgIpc) is 2.26. The van der Waals surface area contributed by atoms with Crippen LogP contribution in [0.2, 0.25) is 0 Å². The number of hydrogen-bond donors (Lipinski definition) is 2. The van der Waals surface area contributed by atoms with E-state index in [1.807, 2.05) is 36.4 Å². The number of nitrogens with two attached hydrogens (primary N) is 2. The first kappa shape index (κ1) is 8.91. The van der Waals surface area contributed by atoms with Gasteiger partial charge in [0.05, 0.1) is 22.1 Å². The number of rotatable bonds is 0. The summed E-state index contributed by atoms with van der Waals surface area (Å²) in [6.07, 6.45) is 0. The molecule has 0 unspecified atom stereocenters. The molecule has 0 fully saturated rings. The molecule has 0 saturated carbocycles. The molecular formula is C12H10N4. The third-order valence-corrected chi connectivity index (χ3v) is 2.48. The highest BCUT2D eigenvalue weighted by Gasteiger charge is 2.01. The standard InChI is InChI=1S/C12H10N4/c13-7-1-3-9-11(5-7)16-12-6-8(14)2-4-10(12)15-9/h1-6H,13-14H2. The van der Waals surface area contributed by atoms with Crippen molar-refractivity contribution >= 4 is 33.4 Å². The number of hydrogen-bond acceptors (Lipinski definition) is 4. The molecule has 78 valence electrons. The Labute approximate surface area is 91.9 Å². The lowest BCUT2D eigenvalue weighted by atomic mass is 10.2. The fourth-order valence-electron chi connectivity index (χ4n) is 1.71. The van der Waals surface area contributed by atoms with Gasteiger partial charge in [0.15, 0.2) is 0 Å². The smallest absolute Gasteiger partial charge is 0.0915 e. The van der Waals surface area contributed by atoms with E-state index in [9.17, 15) is 0 Å². The highest BCUT2D eigenvalue weighted by molar-refractivity contribution is 5.88. The molecule has 0 bridgehead atoms. The van der Waals surface area contributed by atoms with E-state index >= 15 is 0 Å². The van der Waals surface area contributed by atoms with Gasteiger partial charge >= 0.3 is 0 Å². The van der Waals surface area contributed by atoms with Gasteiger partial charge in [-0.1, -0.05) is 0 Å². The minimum atomic E-state index is 0.685. The summed E-state index contributed by atoms with van der Waals surface area (Å²) in [6, 6.07) is 11.0. The number of benzene rings is 2. The second-order valence-corrected chi connectivity index (χ2v) is 3.72. The number of nitrogen functional groups attached to an aromatic ring is 2. The largest absolute Gasteiger partial charge is 0.399 e. The third-order valence-electron chi connectivity index (χ3n) is 2.48. The van der Waals surface area contributed by atoms with Crippen LogP contribution in [0, 0.1) is 0 Å². The Hall–Kier alpha value is -2.36. The lowest BCUT2D eigenvalue weighted by Gasteiger charge is -2.02. The van der Waals surface area contributed by atoms with Gasteiger partial charge in [-0.25, -0.2) is 9.97 Å². The van der Waals surface area contributed by atoms with Crippen LogP contribution in [0.3, 0.4) is 0 Å². The molecule has 1 aromatic heterocycles. The molecule has 0 aliphatic heterocycles. The lowest BCUT2D eigenvalue weighted by molar-refractivity contribution is 1.40. The molecule has 1 heterocycles. The molecule has 2 aromatic carbocycles. The molecule has 4 heteroatoms. The summed E-state index contributed by atoms with van der Waals surface area (Å²) in [7, 11) is 0.